The van der Waals surface area contributed by atoms with Crippen LogP contribution in [0.5, 0.6) is 0 Å². The number of thiophene rings is 1. The van der Waals surface area contributed by atoms with E-state index in [0.717, 1.165) is 15.6 Å². The molecule has 0 aliphatic rings. The summed E-state index contributed by atoms with van der Waals surface area (Å²) >= 11 is 19.0. The van der Waals surface area contributed by atoms with Crippen molar-refractivity contribution in [2.24, 2.45) is 0 Å². The maximum atomic E-state index is 11.0. The van der Waals surface area contributed by atoms with Crippen molar-refractivity contribution in [3.8, 4) is 0 Å². The van der Waals surface area contributed by atoms with Gasteiger partial charge in [-0.2, -0.15) is 0 Å². The van der Waals surface area contributed by atoms with E-state index in [9.17, 15) is 10.1 Å². The molecule has 0 fully saturated rings. The number of anilines is 1. The van der Waals surface area contributed by atoms with Crippen LogP contribution in [-0.4, -0.2) is 11.5 Å². The summed E-state index contributed by atoms with van der Waals surface area (Å²) in [5.41, 5.74) is 0.260. The van der Waals surface area contributed by atoms with E-state index in [1.165, 1.54) is 23.5 Å². The lowest BCUT2D eigenvalue weighted by atomic mass is 10.2. The van der Waals surface area contributed by atoms with E-state index in [2.05, 4.69) is 5.32 Å². The molecule has 0 unspecified atom stereocenters. The third-order valence-corrected chi connectivity index (χ3v) is 4.56. The third-order valence-electron chi connectivity index (χ3n) is 2.55. The number of rotatable bonds is 5. The highest BCUT2D eigenvalue weighted by atomic mass is 35.5. The first-order chi connectivity index (χ1) is 9.47. The van der Waals surface area contributed by atoms with Crippen LogP contribution in [0.1, 0.15) is 4.88 Å². The van der Waals surface area contributed by atoms with E-state index in [-0.39, 0.29) is 15.7 Å². The molecule has 0 spiro atoms. The lowest BCUT2D eigenvalue weighted by molar-refractivity contribution is -0.383. The molecule has 0 bridgehead atoms. The molecule has 1 N–H and O–H groups in total. The van der Waals surface area contributed by atoms with Gasteiger partial charge in [0.05, 0.1) is 19.3 Å². The molecule has 1 aromatic carbocycles. The van der Waals surface area contributed by atoms with Crippen LogP contribution >= 0.6 is 46.1 Å². The van der Waals surface area contributed by atoms with Gasteiger partial charge in [0.15, 0.2) is 0 Å². The van der Waals surface area contributed by atoms with Gasteiger partial charge in [0.2, 0.25) is 0 Å². The molecule has 1 aromatic heterocycles. The van der Waals surface area contributed by atoms with Gasteiger partial charge in [-0.05, 0) is 24.6 Å². The summed E-state index contributed by atoms with van der Waals surface area (Å²) in [6, 6.07) is 6.46. The maximum absolute atomic E-state index is 11.0. The summed E-state index contributed by atoms with van der Waals surface area (Å²) in [7, 11) is 0. The van der Waals surface area contributed by atoms with E-state index in [1.54, 1.807) is 0 Å². The summed E-state index contributed by atoms with van der Waals surface area (Å²) in [6.45, 7) is 0.537. The smallest absolute Gasteiger partial charge is 0.293 e. The lowest BCUT2D eigenvalue weighted by Gasteiger charge is -2.07. The van der Waals surface area contributed by atoms with Crippen LogP contribution in [0.15, 0.2) is 24.3 Å². The first-order valence-electron chi connectivity index (χ1n) is 5.59. The monoisotopic (exact) mass is 350 g/mol. The molecule has 0 saturated carbocycles. The van der Waals surface area contributed by atoms with E-state index >= 15 is 0 Å². The summed E-state index contributed by atoms with van der Waals surface area (Å²) in [5.74, 6) is 0. The molecule has 0 atom stereocenters. The molecule has 2 aromatic rings. The Labute approximate surface area is 134 Å². The van der Waals surface area contributed by atoms with E-state index in [4.69, 9.17) is 34.8 Å². The van der Waals surface area contributed by atoms with Gasteiger partial charge in [-0.25, -0.2) is 0 Å². The van der Waals surface area contributed by atoms with Crippen molar-refractivity contribution in [1.82, 2.24) is 0 Å². The molecular weight excluding hydrogens is 343 g/mol. The Bertz CT molecular complexity index is 646. The molecule has 106 valence electrons. The van der Waals surface area contributed by atoms with Crippen LogP contribution < -0.4 is 5.32 Å². The molecule has 0 aliphatic heterocycles. The second-order valence-electron chi connectivity index (χ2n) is 3.92. The highest BCUT2D eigenvalue weighted by molar-refractivity contribution is 7.16. The molecule has 0 aliphatic carbocycles. The van der Waals surface area contributed by atoms with Crippen molar-refractivity contribution in [2.45, 2.75) is 6.42 Å². The number of nitro benzene ring substituents is 1. The summed E-state index contributed by atoms with van der Waals surface area (Å²) in [6.07, 6.45) is 0.717. The van der Waals surface area contributed by atoms with Crippen molar-refractivity contribution in [2.75, 3.05) is 11.9 Å². The number of hydrogen-bond donors (Lipinski definition) is 1. The van der Waals surface area contributed by atoms with Gasteiger partial charge in [0.1, 0.15) is 5.69 Å². The number of halogens is 3. The van der Waals surface area contributed by atoms with Crippen LogP contribution in [-0.2, 0) is 6.42 Å². The topological polar surface area (TPSA) is 55.2 Å². The fourth-order valence-corrected chi connectivity index (χ4v) is 3.04. The number of benzene rings is 1. The van der Waals surface area contributed by atoms with Crippen LogP contribution in [0.4, 0.5) is 11.4 Å². The SMILES string of the molecule is O=[N+]([O-])c1cc(Cl)c(Cl)cc1NCCc1ccc(Cl)s1. The van der Waals surface area contributed by atoms with Gasteiger partial charge in [-0.1, -0.05) is 34.8 Å². The fraction of sp³-hybridized carbons (Fsp3) is 0.167. The molecule has 4 nitrogen and oxygen atoms in total. The molecule has 8 heteroatoms. The lowest BCUT2D eigenvalue weighted by Crippen LogP contribution is -2.06. The van der Waals surface area contributed by atoms with Crippen molar-refractivity contribution >= 4 is 57.5 Å². The number of nitro groups is 1. The van der Waals surface area contributed by atoms with Crippen molar-refractivity contribution < 1.29 is 4.92 Å². The number of hydrogen-bond acceptors (Lipinski definition) is 4. The van der Waals surface area contributed by atoms with Gasteiger partial charge in [0, 0.05) is 17.5 Å². The summed E-state index contributed by atoms with van der Waals surface area (Å²) < 4.78 is 0.723. The molecule has 0 amide bonds. The first kappa shape index (κ1) is 15.4. The van der Waals surface area contributed by atoms with Crippen LogP contribution in [0, 0.1) is 10.1 Å². The zero-order valence-electron chi connectivity index (χ0n) is 10.0. The predicted octanol–water partition coefficient (Wildman–Crippen LogP) is 5.27. The van der Waals surface area contributed by atoms with Crippen molar-refractivity contribution in [3.63, 3.8) is 0 Å². The summed E-state index contributed by atoms with van der Waals surface area (Å²) in [5, 5.41) is 14.4. The highest BCUT2D eigenvalue weighted by Crippen LogP contribution is 2.34. The first-order valence-corrected chi connectivity index (χ1v) is 7.54. The number of nitrogens with zero attached hydrogens (tertiary/aromatic N) is 1. The zero-order chi connectivity index (χ0) is 14.7. The Morgan fingerprint density at radius 3 is 2.50 bits per heavy atom. The minimum Gasteiger partial charge on any atom is -0.379 e. The normalized spacial score (nSPS) is 10.6. The Kier molecular flexibility index (Phi) is 5.10. The van der Waals surface area contributed by atoms with Gasteiger partial charge in [0.25, 0.3) is 5.69 Å². The zero-order valence-corrected chi connectivity index (χ0v) is 13.1. The van der Waals surface area contributed by atoms with Crippen LogP contribution in [0.3, 0.4) is 0 Å². The molecule has 2 rings (SSSR count). The average molecular weight is 352 g/mol. The second kappa shape index (κ2) is 6.63. The molecule has 20 heavy (non-hydrogen) atoms. The van der Waals surface area contributed by atoms with Crippen molar-refractivity contribution in [1.29, 1.82) is 0 Å². The van der Waals surface area contributed by atoms with Crippen LogP contribution in [0.2, 0.25) is 14.4 Å². The van der Waals surface area contributed by atoms with Gasteiger partial charge < -0.3 is 5.32 Å². The van der Waals surface area contributed by atoms with E-state index in [1.807, 2.05) is 12.1 Å². The van der Waals surface area contributed by atoms with Gasteiger partial charge >= 0.3 is 0 Å². The third kappa shape index (κ3) is 3.76. The highest BCUT2D eigenvalue weighted by Gasteiger charge is 2.16. The van der Waals surface area contributed by atoms with Gasteiger partial charge in [-0.3, -0.25) is 10.1 Å². The van der Waals surface area contributed by atoms with Crippen molar-refractivity contribution in [3.05, 3.63) is 53.6 Å². The Morgan fingerprint density at radius 2 is 1.90 bits per heavy atom. The minimum atomic E-state index is -0.493. The van der Waals surface area contributed by atoms with Gasteiger partial charge in [-0.15, -0.1) is 11.3 Å². The van der Waals surface area contributed by atoms with E-state index < -0.39 is 4.92 Å². The Morgan fingerprint density at radius 1 is 1.20 bits per heavy atom. The van der Waals surface area contributed by atoms with E-state index in [0.29, 0.717) is 12.2 Å². The molecular formula is C12H9Cl3N2O2S. The average Bonchev–Trinajstić information content (AvgIpc) is 2.79. The Hall–Kier alpha value is -1.01. The standard InChI is InChI=1S/C12H9Cl3N2O2S/c13-8-5-10(11(17(18)19)6-9(8)14)16-4-3-7-1-2-12(15)20-7/h1-2,5-6,16H,3-4H2. The second-order valence-corrected chi connectivity index (χ2v) is 6.54. The minimum absolute atomic E-state index is 0.0939. The molecule has 1 heterocycles. The maximum Gasteiger partial charge on any atom is 0.293 e. The molecule has 0 saturated heterocycles. The number of nitrogens with one attached hydrogen (secondary N) is 1. The van der Waals surface area contributed by atoms with Crippen LogP contribution in [0.25, 0.3) is 0 Å². The summed E-state index contributed by atoms with van der Waals surface area (Å²) in [4.78, 5) is 11.6. The largest absolute Gasteiger partial charge is 0.379 e. The molecule has 0 radical (unpaired) electrons. The fourth-order valence-electron chi connectivity index (χ4n) is 1.64. The Balaban J connectivity index is 2.08. The quantitative estimate of drug-likeness (QED) is 0.589. The predicted molar refractivity (Wildman–Crippen MR) is 84.6 cm³/mol.